The third kappa shape index (κ3) is 2.92. The molecule has 0 heterocycles. The van der Waals surface area contributed by atoms with Crippen LogP contribution in [0.25, 0.3) is 6.08 Å². The Kier molecular flexibility index (Phi) is 3.53. The van der Waals surface area contributed by atoms with Crippen LogP contribution in [0.3, 0.4) is 0 Å². The fraction of sp³-hybridized carbons (Fsp3) is 0.273. The van der Waals surface area contributed by atoms with Crippen LogP contribution in [0, 0.1) is 6.92 Å². The predicted octanol–water partition coefficient (Wildman–Crippen LogP) is 1.94. The van der Waals surface area contributed by atoms with Gasteiger partial charge in [0.1, 0.15) is 0 Å². The topological polar surface area (TPSA) is 52.0 Å². The highest BCUT2D eigenvalue weighted by Gasteiger charge is 1.92. The third-order valence-electron chi connectivity index (χ3n) is 1.94. The first kappa shape index (κ1) is 9.81. The molecule has 0 aliphatic carbocycles. The molecule has 0 spiro atoms. The van der Waals surface area contributed by atoms with Gasteiger partial charge < -0.3 is 11.5 Å². The van der Waals surface area contributed by atoms with Gasteiger partial charge in [-0.15, -0.1) is 0 Å². The molecule has 1 aromatic rings. The summed E-state index contributed by atoms with van der Waals surface area (Å²) in [6.45, 7) is 2.71. The highest BCUT2D eigenvalue weighted by Crippen LogP contribution is 2.13. The van der Waals surface area contributed by atoms with E-state index < -0.39 is 0 Å². The Balaban J connectivity index is 2.73. The van der Waals surface area contributed by atoms with Crippen LogP contribution in [0.4, 0.5) is 5.69 Å². The zero-order valence-electron chi connectivity index (χ0n) is 7.96. The molecule has 2 heteroatoms. The van der Waals surface area contributed by atoms with Crippen LogP contribution in [0.1, 0.15) is 17.5 Å². The molecule has 0 atom stereocenters. The van der Waals surface area contributed by atoms with Gasteiger partial charge in [-0.2, -0.15) is 0 Å². The lowest BCUT2D eigenvalue weighted by Gasteiger charge is -2.00. The van der Waals surface area contributed by atoms with Crippen LogP contribution in [-0.2, 0) is 0 Å². The summed E-state index contributed by atoms with van der Waals surface area (Å²) in [6, 6.07) is 6.01. The monoisotopic (exact) mass is 176 g/mol. The van der Waals surface area contributed by atoms with Crippen LogP contribution in [0.15, 0.2) is 24.3 Å². The normalized spacial score (nSPS) is 10.9. The molecule has 1 rings (SSSR count). The molecule has 13 heavy (non-hydrogen) atoms. The fourth-order valence-corrected chi connectivity index (χ4v) is 1.12. The summed E-state index contributed by atoms with van der Waals surface area (Å²) >= 11 is 0. The Morgan fingerprint density at radius 2 is 2.15 bits per heavy atom. The van der Waals surface area contributed by atoms with Crippen molar-refractivity contribution in [3.8, 4) is 0 Å². The van der Waals surface area contributed by atoms with Crippen molar-refractivity contribution in [1.82, 2.24) is 0 Å². The smallest absolute Gasteiger partial charge is 0.0344 e. The van der Waals surface area contributed by atoms with E-state index in [1.165, 1.54) is 5.56 Å². The van der Waals surface area contributed by atoms with E-state index >= 15 is 0 Å². The van der Waals surface area contributed by atoms with Crippen LogP contribution >= 0.6 is 0 Å². The van der Waals surface area contributed by atoms with Crippen LogP contribution in [0.2, 0.25) is 0 Å². The molecule has 1 aromatic carbocycles. The number of aryl methyl sites for hydroxylation is 1. The predicted molar refractivity (Wildman–Crippen MR) is 58.3 cm³/mol. The van der Waals surface area contributed by atoms with Crippen molar-refractivity contribution >= 4 is 11.8 Å². The minimum absolute atomic E-state index is 0.699. The molecule has 0 saturated heterocycles. The Morgan fingerprint density at radius 1 is 1.38 bits per heavy atom. The molecule has 70 valence electrons. The molecule has 0 amide bonds. The summed E-state index contributed by atoms with van der Waals surface area (Å²) in [5, 5.41) is 0. The van der Waals surface area contributed by atoms with Crippen molar-refractivity contribution in [3.05, 3.63) is 35.4 Å². The van der Waals surface area contributed by atoms with Gasteiger partial charge in [-0.1, -0.05) is 24.3 Å². The second kappa shape index (κ2) is 4.67. The van der Waals surface area contributed by atoms with E-state index in [1.54, 1.807) is 0 Å². The Bertz CT molecular complexity index is 303. The van der Waals surface area contributed by atoms with E-state index in [9.17, 15) is 0 Å². The van der Waals surface area contributed by atoms with Crippen molar-refractivity contribution in [2.45, 2.75) is 13.3 Å². The summed E-state index contributed by atoms with van der Waals surface area (Å²) in [6.07, 6.45) is 5.06. The van der Waals surface area contributed by atoms with Gasteiger partial charge in [0.2, 0.25) is 0 Å². The Morgan fingerprint density at radius 3 is 2.77 bits per heavy atom. The van der Waals surface area contributed by atoms with Gasteiger partial charge in [0.25, 0.3) is 0 Å². The number of hydrogen-bond donors (Lipinski definition) is 2. The lowest BCUT2D eigenvalue weighted by Crippen LogP contribution is -1.95. The van der Waals surface area contributed by atoms with Crippen molar-refractivity contribution in [2.24, 2.45) is 5.73 Å². The molecule has 0 aliphatic heterocycles. The number of hydrogen-bond acceptors (Lipinski definition) is 2. The molecule has 4 N–H and O–H groups in total. The Labute approximate surface area is 79.2 Å². The van der Waals surface area contributed by atoms with E-state index in [-0.39, 0.29) is 0 Å². The highest BCUT2D eigenvalue weighted by atomic mass is 14.5. The minimum atomic E-state index is 0.699. The van der Waals surface area contributed by atoms with Gasteiger partial charge in [0.05, 0.1) is 0 Å². The first-order valence-electron chi connectivity index (χ1n) is 4.47. The average Bonchev–Trinajstić information content (AvgIpc) is 2.12. The zero-order chi connectivity index (χ0) is 9.68. The number of rotatable bonds is 3. The van der Waals surface area contributed by atoms with Crippen molar-refractivity contribution in [2.75, 3.05) is 12.3 Å². The maximum atomic E-state index is 5.70. The van der Waals surface area contributed by atoms with Crippen LogP contribution in [-0.4, -0.2) is 6.54 Å². The van der Waals surface area contributed by atoms with Crippen molar-refractivity contribution in [3.63, 3.8) is 0 Å². The molecule has 0 aliphatic rings. The van der Waals surface area contributed by atoms with Gasteiger partial charge in [0.15, 0.2) is 0 Å². The number of anilines is 1. The zero-order valence-corrected chi connectivity index (χ0v) is 7.96. The molecule has 0 fully saturated rings. The van der Waals surface area contributed by atoms with Gasteiger partial charge in [0, 0.05) is 5.69 Å². The molecule has 0 radical (unpaired) electrons. The van der Waals surface area contributed by atoms with Crippen LogP contribution < -0.4 is 11.5 Å². The molecule has 2 nitrogen and oxygen atoms in total. The third-order valence-corrected chi connectivity index (χ3v) is 1.94. The number of nitrogens with two attached hydrogens (primary N) is 2. The first-order chi connectivity index (χ1) is 6.24. The SMILES string of the molecule is Cc1cc(C=CCCN)ccc1N. The summed E-state index contributed by atoms with van der Waals surface area (Å²) in [5.41, 5.74) is 14.2. The van der Waals surface area contributed by atoms with Crippen LogP contribution in [0.5, 0.6) is 0 Å². The van der Waals surface area contributed by atoms with E-state index in [4.69, 9.17) is 11.5 Å². The molecular formula is C11H16N2. The number of nitrogen functional groups attached to an aromatic ring is 1. The molecule has 0 aromatic heterocycles. The fourth-order valence-electron chi connectivity index (χ4n) is 1.12. The van der Waals surface area contributed by atoms with Gasteiger partial charge >= 0.3 is 0 Å². The lowest BCUT2D eigenvalue weighted by molar-refractivity contribution is 1.01. The van der Waals surface area contributed by atoms with E-state index in [2.05, 4.69) is 18.2 Å². The molecular weight excluding hydrogens is 160 g/mol. The Hall–Kier alpha value is -1.28. The van der Waals surface area contributed by atoms with E-state index in [0.717, 1.165) is 17.7 Å². The lowest BCUT2D eigenvalue weighted by atomic mass is 10.1. The van der Waals surface area contributed by atoms with Gasteiger partial charge in [-0.3, -0.25) is 0 Å². The highest BCUT2D eigenvalue weighted by molar-refractivity contribution is 5.57. The molecule has 0 bridgehead atoms. The average molecular weight is 176 g/mol. The van der Waals surface area contributed by atoms with Gasteiger partial charge in [-0.25, -0.2) is 0 Å². The molecule has 0 saturated carbocycles. The summed E-state index contributed by atoms with van der Waals surface area (Å²) in [4.78, 5) is 0. The second-order valence-corrected chi connectivity index (χ2v) is 3.10. The summed E-state index contributed by atoms with van der Waals surface area (Å²) in [7, 11) is 0. The maximum absolute atomic E-state index is 5.70. The molecule has 0 unspecified atom stereocenters. The largest absolute Gasteiger partial charge is 0.399 e. The van der Waals surface area contributed by atoms with Crippen molar-refractivity contribution < 1.29 is 0 Å². The standard InChI is InChI=1S/C11H16N2/c1-9-8-10(4-2-3-7-12)5-6-11(9)13/h2,4-6,8H,3,7,12-13H2,1H3. The van der Waals surface area contributed by atoms with Gasteiger partial charge in [-0.05, 0) is 37.1 Å². The van der Waals surface area contributed by atoms with Crippen molar-refractivity contribution in [1.29, 1.82) is 0 Å². The maximum Gasteiger partial charge on any atom is 0.0344 e. The quantitative estimate of drug-likeness (QED) is 0.691. The number of benzene rings is 1. The summed E-state index contributed by atoms with van der Waals surface area (Å²) < 4.78 is 0. The van der Waals surface area contributed by atoms with E-state index in [1.807, 2.05) is 19.1 Å². The minimum Gasteiger partial charge on any atom is -0.399 e. The first-order valence-corrected chi connectivity index (χ1v) is 4.47. The summed E-state index contributed by atoms with van der Waals surface area (Å²) in [5.74, 6) is 0. The van der Waals surface area contributed by atoms with E-state index in [0.29, 0.717) is 6.54 Å². The second-order valence-electron chi connectivity index (χ2n) is 3.10.